The number of rotatable bonds is 4. The number of hydrogen-bond donors (Lipinski definition) is 1. The van der Waals surface area contributed by atoms with E-state index in [1.54, 1.807) is 0 Å². The number of nitrogens with one attached hydrogen (secondary N) is 1. The van der Waals surface area contributed by atoms with Crippen LogP contribution in [0.5, 0.6) is 0 Å². The third kappa shape index (κ3) is 4.04. The number of pyridine rings is 1. The third-order valence-corrected chi connectivity index (χ3v) is 4.60. The average molecular weight is 329 g/mol. The number of para-hydroxylation sites is 1. The van der Waals surface area contributed by atoms with Gasteiger partial charge in [-0.3, -0.25) is 9.69 Å². The van der Waals surface area contributed by atoms with Gasteiger partial charge < -0.3 is 14.6 Å². The van der Waals surface area contributed by atoms with Crippen LogP contribution in [0.3, 0.4) is 0 Å². The van der Waals surface area contributed by atoms with E-state index in [1.165, 1.54) is 0 Å². The van der Waals surface area contributed by atoms with Gasteiger partial charge in [-0.05, 0) is 38.0 Å². The molecule has 0 saturated carbocycles. The average Bonchev–Trinajstić information content (AvgIpc) is 2.73. The third-order valence-electron chi connectivity index (χ3n) is 4.60. The van der Waals surface area contributed by atoms with Gasteiger partial charge >= 0.3 is 0 Å². The van der Waals surface area contributed by atoms with E-state index < -0.39 is 0 Å². The summed E-state index contributed by atoms with van der Waals surface area (Å²) in [6.45, 7) is 7.06. The Bertz CT molecular complexity index is 754. The molecule has 1 aliphatic rings. The van der Waals surface area contributed by atoms with Gasteiger partial charge in [0.25, 0.3) is 5.56 Å². The minimum atomic E-state index is 0.0196. The first-order valence-corrected chi connectivity index (χ1v) is 8.59. The molecule has 130 valence electrons. The number of aryl methyl sites for hydroxylation is 1. The lowest BCUT2D eigenvalue weighted by Crippen LogP contribution is -2.35. The summed E-state index contributed by atoms with van der Waals surface area (Å²) in [7, 11) is 4.18. The van der Waals surface area contributed by atoms with Crippen LogP contribution in [0, 0.1) is 12.8 Å². The molecular formula is C19H27N3O2. The molecule has 5 nitrogen and oxygen atoms in total. The van der Waals surface area contributed by atoms with Crippen LogP contribution in [-0.4, -0.2) is 61.7 Å². The lowest BCUT2D eigenvalue weighted by Gasteiger charge is -2.25. The van der Waals surface area contributed by atoms with Crippen molar-refractivity contribution < 1.29 is 4.74 Å². The maximum absolute atomic E-state index is 12.5. The molecule has 1 atom stereocenters. The molecule has 0 unspecified atom stereocenters. The van der Waals surface area contributed by atoms with Gasteiger partial charge in [0.05, 0.1) is 18.7 Å². The van der Waals surface area contributed by atoms with Crippen LogP contribution in [0.15, 0.2) is 29.1 Å². The monoisotopic (exact) mass is 329 g/mol. The fraction of sp³-hybridized carbons (Fsp3) is 0.526. The molecule has 0 radical (unpaired) electrons. The maximum Gasteiger partial charge on any atom is 0.252 e. The maximum atomic E-state index is 12.5. The molecule has 1 N–H and O–H groups in total. The Balaban J connectivity index is 1.80. The Hall–Kier alpha value is -1.69. The van der Waals surface area contributed by atoms with Gasteiger partial charge in [0.1, 0.15) is 0 Å². The van der Waals surface area contributed by atoms with E-state index >= 15 is 0 Å². The minimum absolute atomic E-state index is 0.0196. The highest BCUT2D eigenvalue weighted by Gasteiger charge is 2.20. The van der Waals surface area contributed by atoms with Gasteiger partial charge in [-0.2, -0.15) is 0 Å². The highest BCUT2D eigenvalue weighted by molar-refractivity contribution is 5.81. The van der Waals surface area contributed by atoms with Crippen molar-refractivity contribution in [3.8, 4) is 0 Å². The summed E-state index contributed by atoms with van der Waals surface area (Å²) >= 11 is 0. The van der Waals surface area contributed by atoms with Crippen LogP contribution in [-0.2, 0) is 11.3 Å². The SMILES string of the molecule is Cc1cccc2cc(CN3CCOC[C@@H](CN(C)C)C3)c(=O)[nH]c12. The molecule has 24 heavy (non-hydrogen) atoms. The second kappa shape index (κ2) is 7.47. The quantitative estimate of drug-likeness (QED) is 0.930. The van der Waals surface area contributed by atoms with Gasteiger partial charge in [0.2, 0.25) is 0 Å². The summed E-state index contributed by atoms with van der Waals surface area (Å²) in [5.41, 5.74) is 2.89. The Kier molecular flexibility index (Phi) is 5.33. The van der Waals surface area contributed by atoms with Crippen molar-refractivity contribution in [1.29, 1.82) is 0 Å². The number of hydrogen-bond acceptors (Lipinski definition) is 4. The minimum Gasteiger partial charge on any atom is -0.380 e. The molecule has 1 aliphatic heterocycles. The Labute approximate surface area is 143 Å². The molecule has 0 aliphatic carbocycles. The summed E-state index contributed by atoms with van der Waals surface area (Å²) in [6, 6.07) is 8.15. The topological polar surface area (TPSA) is 48.6 Å². The molecule has 3 rings (SSSR count). The number of ether oxygens (including phenoxy) is 1. The zero-order chi connectivity index (χ0) is 17.1. The van der Waals surface area contributed by atoms with Crippen molar-refractivity contribution in [2.75, 3.05) is 46.9 Å². The van der Waals surface area contributed by atoms with Crippen LogP contribution in [0.4, 0.5) is 0 Å². The first kappa shape index (κ1) is 17.1. The van der Waals surface area contributed by atoms with Crippen LogP contribution in [0.1, 0.15) is 11.1 Å². The van der Waals surface area contributed by atoms with Crippen LogP contribution < -0.4 is 5.56 Å². The van der Waals surface area contributed by atoms with E-state index in [9.17, 15) is 4.79 Å². The molecule has 1 aromatic carbocycles. The summed E-state index contributed by atoms with van der Waals surface area (Å²) in [6.07, 6.45) is 0. The van der Waals surface area contributed by atoms with E-state index in [0.717, 1.165) is 54.9 Å². The highest BCUT2D eigenvalue weighted by atomic mass is 16.5. The summed E-state index contributed by atoms with van der Waals surface area (Å²) < 4.78 is 5.74. The van der Waals surface area contributed by atoms with Crippen molar-refractivity contribution in [2.45, 2.75) is 13.5 Å². The van der Waals surface area contributed by atoms with Crippen LogP contribution >= 0.6 is 0 Å². The van der Waals surface area contributed by atoms with Crippen molar-refractivity contribution in [1.82, 2.24) is 14.8 Å². The number of fused-ring (bicyclic) bond motifs is 1. The zero-order valence-electron chi connectivity index (χ0n) is 14.8. The summed E-state index contributed by atoms with van der Waals surface area (Å²) in [4.78, 5) is 20.1. The van der Waals surface area contributed by atoms with Gasteiger partial charge in [0, 0.05) is 37.7 Å². The van der Waals surface area contributed by atoms with E-state index in [4.69, 9.17) is 4.74 Å². The first-order chi connectivity index (χ1) is 11.5. The van der Waals surface area contributed by atoms with Crippen molar-refractivity contribution in [3.05, 3.63) is 45.7 Å². The zero-order valence-corrected chi connectivity index (χ0v) is 14.8. The van der Waals surface area contributed by atoms with E-state index in [0.29, 0.717) is 12.5 Å². The molecule has 0 amide bonds. The second-order valence-electron chi connectivity index (χ2n) is 7.10. The van der Waals surface area contributed by atoms with Gasteiger partial charge in [-0.1, -0.05) is 18.2 Å². The predicted molar refractivity (Wildman–Crippen MR) is 97.4 cm³/mol. The van der Waals surface area contributed by atoms with E-state index in [2.05, 4.69) is 34.9 Å². The first-order valence-electron chi connectivity index (χ1n) is 8.59. The number of nitrogens with zero attached hydrogens (tertiary/aromatic N) is 2. The number of benzene rings is 1. The number of H-pyrrole nitrogens is 1. The summed E-state index contributed by atoms with van der Waals surface area (Å²) in [5, 5.41) is 1.10. The molecular weight excluding hydrogens is 302 g/mol. The summed E-state index contributed by atoms with van der Waals surface area (Å²) in [5.74, 6) is 0.476. The highest BCUT2D eigenvalue weighted by Crippen LogP contribution is 2.17. The largest absolute Gasteiger partial charge is 0.380 e. The fourth-order valence-corrected chi connectivity index (χ4v) is 3.51. The molecule has 2 aromatic rings. The Morgan fingerprint density at radius 2 is 2.21 bits per heavy atom. The normalized spacial score (nSPS) is 19.8. The van der Waals surface area contributed by atoms with Crippen LogP contribution in [0.2, 0.25) is 0 Å². The van der Waals surface area contributed by atoms with E-state index in [-0.39, 0.29) is 5.56 Å². The molecule has 0 spiro atoms. The molecule has 1 saturated heterocycles. The smallest absolute Gasteiger partial charge is 0.252 e. The van der Waals surface area contributed by atoms with Gasteiger partial charge in [-0.15, -0.1) is 0 Å². The standard InChI is InChI=1S/C19H27N3O2/c1-14-5-4-6-16-9-17(19(23)20-18(14)16)12-22-7-8-24-13-15(11-22)10-21(2)3/h4-6,9,15H,7-8,10-13H2,1-3H3,(H,20,23)/t15-/m0/s1. The van der Waals surface area contributed by atoms with Crippen molar-refractivity contribution in [2.24, 2.45) is 5.92 Å². The molecule has 1 aromatic heterocycles. The predicted octanol–water partition coefficient (Wildman–Crippen LogP) is 1.85. The molecule has 0 bridgehead atoms. The van der Waals surface area contributed by atoms with E-state index in [1.807, 2.05) is 25.1 Å². The second-order valence-corrected chi connectivity index (χ2v) is 7.10. The lowest BCUT2D eigenvalue weighted by molar-refractivity contribution is 0.112. The Morgan fingerprint density at radius 3 is 3.00 bits per heavy atom. The number of aromatic amines is 1. The molecule has 2 heterocycles. The van der Waals surface area contributed by atoms with Crippen molar-refractivity contribution in [3.63, 3.8) is 0 Å². The van der Waals surface area contributed by atoms with Crippen molar-refractivity contribution >= 4 is 10.9 Å². The molecule has 5 heteroatoms. The van der Waals surface area contributed by atoms with Gasteiger partial charge in [0.15, 0.2) is 0 Å². The van der Waals surface area contributed by atoms with Gasteiger partial charge in [-0.25, -0.2) is 0 Å². The Morgan fingerprint density at radius 1 is 1.38 bits per heavy atom. The lowest BCUT2D eigenvalue weighted by atomic mass is 10.1. The fourth-order valence-electron chi connectivity index (χ4n) is 3.51. The van der Waals surface area contributed by atoms with Crippen LogP contribution in [0.25, 0.3) is 10.9 Å². The molecule has 1 fully saturated rings. The number of aromatic nitrogens is 1.